The van der Waals surface area contributed by atoms with Crippen LogP contribution in [0.5, 0.6) is 0 Å². The van der Waals surface area contributed by atoms with E-state index < -0.39 is 0 Å². The minimum absolute atomic E-state index is 0.0639. The van der Waals surface area contributed by atoms with Crippen molar-refractivity contribution in [2.75, 3.05) is 24.5 Å². The van der Waals surface area contributed by atoms with E-state index >= 15 is 0 Å². The molecule has 1 aromatic rings. The molecular weight excluding hydrogens is 276 g/mol. The van der Waals surface area contributed by atoms with Gasteiger partial charge >= 0.3 is 0 Å². The Morgan fingerprint density at radius 2 is 2.09 bits per heavy atom. The van der Waals surface area contributed by atoms with E-state index in [1.165, 1.54) is 6.42 Å². The van der Waals surface area contributed by atoms with Gasteiger partial charge in [-0.15, -0.1) is 0 Å². The van der Waals surface area contributed by atoms with Crippen molar-refractivity contribution in [3.63, 3.8) is 0 Å². The Morgan fingerprint density at radius 3 is 2.82 bits per heavy atom. The number of hydrogen-bond acceptors (Lipinski definition) is 2. The fourth-order valence-electron chi connectivity index (χ4n) is 3.57. The first-order chi connectivity index (χ1) is 10.5. The molecule has 0 bridgehead atoms. The van der Waals surface area contributed by atoms with Crippen LogP contribution in [0, 0.1) is 18.8 Å². The quantitative estimate of drug-likeness (QED) is 0.842. The number of carbonyl (C=O) groups is 2. The maximum atomic E-state index is 12.7. The van der Waals surface area contributed by atoms with Crippen molar-refractivity contribution in [3.05, 3.63) is 29.8 Å². The van der Waals surface area contributed by atoms with Crippen LogP contribution in [-0.4, -0.2) is 36.3 Å². The molecule has 2 unspecified atom stereocenters. The molecule has 0 aliphatic carbocycles. The summed E-state index contributed by atoms with van der Waals surface area (Å²) in [7, 11) is 0. The molecule has 2 atom stereocenters. The molecule has 0 aromatic heterocycles. The zero-order valence-electron chi connectivity index (χ0n) is 13.4. The van der Waals surface area contributed by atoms with Crippen LogP contribution >= 0.6 is 0 Å². The van der Waals surface area contributed by atoms with E-state index in [-0.39, 0.29) is 17.7 Å². The highest BCUT2D eigenvalue weighted by Gasteiger charge is 2.37. The molecule has 4 nitrogen and oxygen atoms in total. The molecule has 4 heteroatoms. The Labute approximate surface area is 132 Å². The second-order valence-electron chi connectivity index (χ2n) is 6.78. The van der Waals surface area contributed by atoms with Gasteiger partial charge in [-0.2, -0.15) is 0 Å². The van der Waals surface area contributed by atoms with Crippen LogP contribution in [0.3, 0.4) is 0 Å². The Kier molecular flexibility index (Phi) is 4.19. The van der Waals surface area contributed by atoms with Gasteiger partial charge in [-0.25, -0.2) is 0 Å². The third-order valence-electron chi connectivity index (χ3n) is 4.76. The summed E-state index contributed by atoms with van der Waals surface area (Å²) >= 11 is 0. The van der Waals surface area contributed by atoms with Gasteiger partial charge < -0.3 is 9.80 Å². The number of rotatable bonds is 2. The summed E-state index contributed by atoms with van der Waals surface area (Å²) < 4.78 is 0. The fraction of sp³-hybridized carbons (Fsp3) is 0.556. The summed E-state index contributed by atoms with van der Waals surface area (Å²) in [6.45, 7) is 6.42. The smallest absolute Gasteiger partial charge is 0.228 e. The molecule has 22 heavy (non-hydrogen) atoms. The van der Waals surface area contributed by atoms with Crippen molar-refractivity contribution in [1.82, 2.24) is 4.90 Å². The number of amides is 2. The van der Waals surface area contributed by atoms with Crippen LogP contribution in [0.15, 0.2) is 24.3 Å². The molecule has 118 valence electrons. The molecule has 2 aliphatic rings. The summed E-state index contributed by atoms with van der Waals surface area (Å²) in [5.74, 6) is 0.616. The lowest BCUT2D eigenvalue weighted by Crippen LogP contribution is -2.43. The van der Waals surface area contributed by atoms with Gasteiger partial charge in [-0.1, -0.05) is 19.1 Å². The molecule has 0 saturated carbocycles. The predicted octanol–water partition coefficient (Wildman–Crippen LogP) is 2.61. The predicted molar refractivity (Wildman–Crippen MR) is 86.6 cm³/mol. The Hall–Kier alpha value is -1.84. The number of benzene rings is 1. The molecule has 2 saturated heterocycles. The summed E-state index contributed by atoms with van der Waals surface area (Å²) in [4.78, 5) is 28.7. The van der Waals surface area contributed by atoms with Gasteiger partial charge in [0.05, 0.1) is 5.92 Å². The first-order valence-electron chi connectivity index (χ1n) is 8.20. The molecule has 3 rings (SSSR count). The van der Waals surface area contributed by atoms with E-state index in [9.17, 15) is 9.59 Å². The summed E-state index contributed by atoms with van der Waals surface area (Å²) in [6.07, 6.45) is 2.62. The first-order valence-corrected chi connectivity index (χ1v) is 8.20. The Morgan fingerprint density at radius 1 is 1.27 bits per heavy atom. The second kappa shape index (κ2) is 6.11. The zero-order chi connectivity index (χ0) is 15.7. The number of hydrogen-bond donors (Lipinski definition) is 0. The van der Waals surface area contributed by atoms with Gasteiger partial charge in [0.15, 0.2) is 0 Å². The van der Waals surface area contributed by atoms with E-state index in [1.807, 2.05) is 36.1 Å². The highest BCUT2D eigenvalue weighted by atomic mass is 16.2. The molecule has 2 amide bonds. The lowest BCUT2D eigenvalue weighted by atomic mass is 9.98. The molecular formula is C18H24N2O2. The number of anilines is 1. The molecule has 0 radical (unpaired) electrons. The van der Waals surface area contributed by atoms with Gasteiger partial charge in [0.1, 0.15) is 0 Å². The fourth-order valence-corrected chi connectivity index (χ4v) is 3.57. The Balaban J connectivity index is 1.70. The normalized spacial score (nSPS) is 25.6. The van der Waals surface area contributed by atoms with Crippen LogP contribution in [0.4, 0.5) is 5.69 Å². The van der Waals surface area contributed by atoms with Crippen LogP contribution in [0.2, 0.25) is 0 Å². The Bertz CT molecular complexity index is 584. The van der Waals surface area contributed by atoms with Gasteiger partial charge in [0, 0.05) is 31.7 Å². The van der Waals surface area contributed by atoms with Crippen molar-refractivity contribution >= 4 is 17.5 Å². The molecule has 0 spiro atoms. The van der Waals surface area contributed by atoms with E-state index in [1.54, 1.807) is 4.90 Å². The molecule has 0 N–H and O–H groups in total. The van der Waals surface area contributed by atoms with Gasteiger partial charge in [0.25, 0.3) is 0 Å². The van der Waals surface area contributed by atoms with Crippen LogP contribution < -0.4 is 4.90 Å². The minimum Gasteiger partial charge on any atom is -0.342 e. The maximum absolute atomic E-state index is 12.7. The molecule has 2 aliphatic heterocycles. The van der Waals surface area contributed by atoms with E-state index in [4.69, 9.17) is 0 Å². The summed E-state index contributed by atoms with van der Waals surface area (Å²) in [5, 5.41) is 0. The topological polar surface area (TPSA) is 40.6 Å². The van der Waals surface area contributed by atoms with Crippen molar-refractivity contribution in [2.45, 2.75) is 33.1 Å². The summed E-state index contributed by atoms with van der Waals surface area (Å²) in [6, 6.07) is 7.93. The van der Waals surface area contributed by atoms with Crippen molar-refractivity contribution in [1.29, 1.82) is 0 Å². The molecule has 1 aromatic carbocycles. The molecule has 2 fully saturated rings. The number of likely N-dealkylation sites (tertiary alicyclic amines) is 1. The van der Waals surface area contributed by atoms with E-state index in [2.05, 4.69) is 6.92 Å². The zero-order valence-corrected chi connectivity index (χ0v) is 13.4. The van der Waals surface area contributed by atoms with Crippen LogP contribution in [0.25, 0.3) is 0 Å². The highest BCUT2D eigenvalue weighted by Crippen LogP contribution is 2.28. The maximum Gasteiger partial charge on any atom is 0.228 e. The largest absolute Gasteiger partial charge is 0.342 e. The number of aryl methyl sites for hydroxylation is 1. The first kappa shape index (κ1) is 15.1. The van der Waals surface area contributed by atoms with Crippen molar-refractivity contribution < 1.29 is 9.59 Å². The van der Waals surface area contributed by atoms with E-state index in [0.717, 1.165) is 30.8 Å². The van der Waals surface area contributed by atoms with Crippen molar-refractivity contribution in [2.24, 2.45) is 11.8 Å². The third kappa shape index (κ3) is 3.01. The third-order valence-corrected chi connectivity index (χ3v) is 4.76. The SMILES string of the molecule is Cc1cccc(N2CC(C(=O)N3CCCC(C)C3)CC2=O)c1. The number of nitrogens with zero attached hydrogens (tertiary/aromatic N) is 2. The van der Waals surface area contributed by atoms with Gasteiger partial charge in [0.2, 0.25) is 11.8 Å². The number of piperidine rings is 1. The van der Waals surface area contributed by atoms with Gasteiger partial charge in [-0.3, -0.25) is 9.59 Å². The minimum atomic E-state index is -0.182. The van der Waals surface area contributed by atoms with Crippen LogP contribution in [-0.2, 0) is 9.59 Å². The van der Waals surface area contributed by atoms with E-state index in [0.29, 0.717) is 18.9 Å². The standard InChI is InChI=1S/C18H24N2O2/c1-13-5-3-7-16(9-13)20-12-15(10-17(20)21)18(22)19-8-4-6-14(2)11-19/h3,5,7,9,14-15H,4,6,8,10-12H2,1-2H3. The van der Waals surface area contributed by atoms with Crippen molar-refractivity contribution in [3.8, 4) is 0 Å². The lowest BCUT2D eigenvalue weighted by Gasteiger charge is -2.32. The highest BCUT2D eigenvalue weighted by molar-refractivity contribution is 6.00. The average molecular weight is 300 g/mol. The average Bonchev–Trinajstić information content (AvgIpc) is 2.88. The van der Waals surface area contributed by atoms with Crippen LogP contribution in [0.1, 0.15) is 31.7 Å². The second-order valence-corrected chi connectivity index (χ2v) is 6.78. The monoisotopic (exact) mass is 300 g/mol. The van der Waals surface area contributed by atoms with Gasteiger partial charge in [-0.05, 0) is 43.4 Å². The molecule has 2 heterocycles. The number of carbonyl (C=O) groups excluding carboxylic acids is 2. The summed E-state index contributed by atoms with van der Waals surface area (Å²) in [5.41, 5.74) is 2.04. The lowest BCUT2D eigenvalue weighted by molar-refractivity contribution is -0.137.